The van der Waals surface area contributed by atoms with Crippen LogP contribution in [-0.4, -0.2) is 36.0 Å². The van der Waals surface area contributed by atoms with Gasteiger partial charge in [0.1, 0.15) is 11.3 Å². The lowest BCUT2D eigenvalue weighted by molar-refractivity contribution is -0.129. The highest BCUT2D eigenvalue weighted by molar-refractivity contribution is 6.31. The molecule has 0 bridgehead atoms. The lowest BCUT2D eigenvalue weighted by atomic mass is 9.87. The third-order valence-corrected chi connectivity index (χ3v) is 7.16. The molecule has 1 amide bonds. The molecule has 0 radical (unpaired) electrons. The van der Waals surface area contributed by atoms with E-state index in [0.29, 0.717) is 12.6 Å². The van der Waals surface area contributed by atoms with E-state index >= 15 is 0 Å². The lowest BCUT2D eigenvalue weighted by Crippen LogP contribution is -2.53. The van der Waals surface area contributed by atoms with E-state index in [4.69, 9.17) is 22.1 Å². The Labute approximate surface area is 197 Å². The average molecular weight is 458 g/mol. The van der Waals surface area contributed by atoms with E-state index in [1.165, 1.54) is 5.56 Å². The molecule has 3 rings (SSSR count). The van der Waals surface area contributed by atoms with Gasteiger partial charge in [-0.3, -0.25) is 9.69 Å². The first-order chi connectivity index (χ1) is 15.5. The summed E-state index contributed by atoms with van der Waals surface area (Å²) in [6.45, 7) is 4.56. The van der Waals surface area contributed by atoms with E-state index < -0.39 is 5.54 Å². The highest BCUT2D eigenvalue weighted by Gasteiger charge is 2.45. The van der Waals surface area contributed by atoms with Gasteiger partial charge in [0.25, 0.3) is 0 Å². The highest BCUT2D eigenvalue weighted by Crippen LogP contribution is 2.36. The Balaban J connectivity index is 1.56. The first kappa shape index (κ1) is 24.6. The van der Waals surface area contributed by atoms with Gasteiger partial charge in [0.05, 0.1) is 7.11 Å². The number of hydrogen-bond acceptors (Lipinski definition) is 4. The van der Waals surface area contributed by atoms with Crippen molar-refractivity contribution in [1.82, 2.24) is 10.2 Å². The van der Waals surface area contributed by atoms with Crippen LogP contribution in [0.15, 0.2) is 48.5 Å². The SMILES string of the molecule is CCC(CCC[C@@]1(C(N)=O)CCCN1Cc1ccccc1Cl)NCc1ccc(OC)cc1. The summed E-state index contributed by atoms with van der Waals surface area (Å²) in [7, 11) is 1.68. The summed E-state index contributed by atoms with van der Waals surface area (Å²) in [6.07, 6.45) is 5.61. The molecule has 1 aliphatic heterocycles. The fourth-order valence-electron chi connectivity index (χ4n) is 4.78. The second-order valence-electron chi connectivity index (χ2n) is 8.74. The number of likely N-dealkylation sites (tertiary alicyclic amines) is 1. The van der Waals surface area contributed by atoms with E-state index in [-0.39, 0.29) is 5.91 Å². The first-order valence-corrected chi connectivity index (χ1v) is 12.0. The van der Waals surface area contributed by atoms with Crippen LogP contribution in [0.1, 0.15) is 56.6 Å². The summed E-state index contributed by atoms with van der Waals surface area (Å²) in [5.74, 6) is 0.664. The van der Waals surface area contributed by atoms with Crippen LogP contribution in [0.2, 0.25) is 5.02 Å². The van der Waals surface area contributed by atoms with Gasteiger partial charge in [-0.2, -0.15) is 0 Å². The van der Waals surface area contributed by atoms with Crippen molar-refractivity contribution >= 4 is 17.5 Å². The highest BCUT2D eigenvalue weighted by atomic mass is 35.5. The maximum atomic E-state index is 12.6. The molecule has 1 aliphatic rings. The largest absolute Gasteiger partial charge is 0.497 e. The predicted molar refractivity (Wildman–Crippen MR) is 131 cm³/mol. The fourth-order valence-corrected chi connectivity index (χ4v) is 4.97. The Morgan fingerprint density at radius 1 is 1.25 bits per heavy atom. The second kappa shape index (κ2) is 11.7. The number of amides is 1. The predicted octanol–water partition coefficient (Wildman–Crippen LogP) is 4.91. The first-order valence-electron chi connectivity index (χ1n) is 11.6. The number of methoxy groups -OCH3 is 1. The number of nitrogens with one attached hydrogen (secondary N) is 1. The number of benzene rings is 2. The van der Waals surface area contributed by atoms with Crippen molar-refractivity contribution in [2.24, 2.45) is 5.73 Å². The van der Waals surface area contributed by atoms with Gasteiger partial charge in [0, 0.05) is 24.2 Å². The minimum absolute atomic E-state index is 0.207. The number of carbonyl (C=O) groups excluding carboxylic acids is 1. The average Bonchev–Trinajstić information content (AvgIpc) is 3.21. The molecular weight excluding hydrogens is 422 g/mol. The third kappa shape index (κ3) is 6.03. The molecule has 0 saturated carbocycles. The van der Waals surface area contributed by atoms with Crippen molar-refractivity contribution in [2.75, 3.05) is 13.7 Å². The standard InChI is InChI=1S/C26H36ClN3O2/c1-3-22(29-18-20-11-13-23(32-2)14-12-20)9-6-15-26(25(28)31)16-7-17-30(26)19-21-8-4-5-10-24(21)27/h4-5,8,10-14,22,29H,3,6-7,9,15-19H2,1-2H3,(H2,28,31)/t22?,26-/m0/s1. The molecule has 3 N–H and O–H groups in total. The van der Waals surface area contributed by atoms with Crippen molar-refractivity contribution in [3.05, 3.63) is 64.7 Å². The Morgan fingerprint density at radius 2 is 2.00 bits per heavy atom. The van der Waals surface area contributed by atoms with Crippen LogP contribution in [0.3, 0.4) is 0 Å². The smallest absolute Gasteiger partial charge is 0.237 e. The topological polar surface area (TPSA) is 67.6 Å². The maximum absolute atomic E-state index is 12.6. The molecule has 0 aromatic heterocycles. The molecule has 174 valence electrons. The van der Waals surface area contributed by atoms with Crippen LogP contribution in [-0.2, 0) is 17.9 Å². The van der Waals surface area contributed by atoms with Crippen LogP contribution in [0.4, 0.5) is 0 Å². The minimum Gasteiger partial charge on any atom is -0.497 e. The summed E-state index contributed by atoms with van der Waals surface area (Å²) in [5.41, 5.74) is 7.69. The minimum atomic E-state index is -0.576. The fraction of sp³-hybridized carbons (Fsp3) is 0.500. The van der Waals surface area contributed by atoms with Gasteiger partial charge in [-0.1, -0.05) is 48.9 Å². The number of halogens is 1. The van der Waals surface area contributed by atoms with Gasteiger partial charge in [-0.05, 0) is 74.4 Å². The molecule has 2 atom stereocenters. The van der Waals surface area contributed by atoms with Gasteiger partial charge in [0.15, 0.2) is 0 Å². The number of nitrogens with zero attached hydrogens (tertiary/aromatic N) is 1. The molecule has 0 spiro atoms. The van der Waals surface area contributed by atoms with Crippen molar-refractivity contribution in [3.8, 4) is 5.75 Å². The van der Waals surface area contributed by atoms with E-state index in [2.05, 4.69) is 29.3 Å². The van der Waals surface area contributed by atoms with Crippen LogP contribution < -0.4 is 15.8 Å². The van der Waals surface area contributed by atoms with Crippen molar-refractivity contribution in [1.29, 1.82) is 0 Å². The molecule has 32 heavy (non-hydrogen) atoms. The second-order valence-corrected chi connectivity index (χ2v) is 9.15. The van der Waals surface area contributed by atoms with Gasteiger partial charge < -0.3 is 15.8 Å². The summed E-state index contributed by atoms with van der Waals surface area (Å²) in [6, 6.07) is 16.4. The lowest BCUT2D eigenvalue weighted by Gasteiger charge is -2.36. The van der Waals surface area contributed by atoms with E-state index in [9.17, 15) is 4.79 Å². The normalized spacial score (nSPS) is 19.7. The molecule has 6 heteroatoms. The number of carbonyl (C=O) groups is 1. The van der Waals surface area contributed by atoms with Crippen molar-refractivity contribution in [3.63, 3.8) is 0 Å². The molecular formula is C26H36ClN3O2. The van der Waals surface area contributed by atoms with Crippen LogP contribution in [0.25, 0.3) is 0 Å². The zero-order valence-electron chi connectivity index (χ0n) is 19.3. The van der Waals surface area contributed by atoms with Crippen molar-refractivity contribution < 1.29 is 9.53 Å². The number of hydrogen-bond donors (Lipinski definition) is 2. The van der Waals surface area contributed by atoms with Crippen LogP contribution in [0.5, 0.6) is 5.75 Å². The maximum Gasteiger partial charge on any atom is 0.237 e. The van der Waals surface area contributed by atoms with Gasteiger partial charge in [0.2, 0.25) is 5.91 Å². The monoisotopic (exact) mass is 457 g/mol. The van der Waals surface area contributed by atoms with Gasteiger partial charge in [-0.15, -0.1) is 0 Å². The number of rotatable bonds is 12. The Bertz CT molecular complexity index is 874. The molecule has 2 aromatic carbocycles. The summed E-state index contributed by atoms with van der Waals surface area (Å²) >= 11 is 6.38. The Hall–Kier alpha value is -2.08. The summed E-state index contributed by atoms with van der Waals surface area (Å²) < 4.78 is 5.23. The Morgan fingerprint density at radius 3 is 2.66 bits per heavy atom. The van der Waals surface area contributed by atoms with Crippen LogP contribution >= 0.6 is 11.6 Å². The van der Waals surface area contributed by atoms with Gasteiger partial charge >= 0.3 is 0 Å². The van der Waals surface area contributed by atoms with E-state index in [1.807, 2.05) is 36.4 Å². The van der Waals surface area contributed by atoms with Crippen LogP contribution in [0, 0.1) is 0 Å². The molecule has 1 unspecified atom stereocenters. The molecule has 1 fully saturated rings. The van der Waals surface area contributed by atoms with E-state index in [1.54, 1.807) is 7.11 Å². The van der Waals surface area contributed by atoms with Crippen molar-refractivity contribution in [2.45, 2.75) is 70.1 Å². The quantitative estimate of drug-likeness (QED) is 0.475. The number of ether oxygens (including phenoxy) is 1. The molecule has 5 nitrogen and oxygen atoms in total. The number of nitrogens with two attached hydrogens (primary N) is 1. The molecule has 0 aliphatic carbocycles. The van der Waals surface area contributed by atoms with Gasteiger partial charge in [-0.25, -0.2) is 0 Å². The number of primary amides is 1. The summed E-state index contributed by atoms with van der Waals surface area (Å²) in [5, 5.41) is 4.40. The zero-order chi connectivity index (χ0) is 23.0. The third-order valence-electron chi connectivity index (χ3n) is 6.79. The molecule has 1 saturated heterocycles. The zero-order valence-corrected chi connectivity index (χ0v) is 20.0. The Kier molecular flexibility index (Phi) is 8.97. The van der Waals surface area contributed by atoms with E-state index in [0.717, 1.165) is 68.0 Å². The molecule has 1 heterocycles. The summed E-state index contributed by atoms with van der Waals surface area (Å²) in [4.78, 5) is 14.9. The molecule has 2 aromatic rings.